The van der Waals surface area contributed by atoms with E-state index in [-0.39, 0.29) is 24.2 Å². The summed E-state index contributed by atoms with van der Waals surface area (Å²) in [4.78, 5) is 32.8. The van der Waals surface area contributed by atoms with Crippen LogP contribution in [0.2, 0.25) is 0 Å². The molecule has 0 aliphatic rings. The molecule has 0 saturated heterocycles. The molecule has 84 valence electrons. The number of Topliss-reactive ketones (excluding diaryl/α,β-unsaturated/α-hetero) is 1. The number of allylic oxidation sites excluding steroid dienone is 1. The Balaban J connectivity index is 4.89. The van der Waals surface area contributed by atoms with Gasteiger partial charge in [-0.3, -0.25) is 14.4 Å². The first-order chi connectivity index (χ1) is 6.90. The second kappa shape index (κ2) is 5.95. The molecule has 1 amide bonds. The third-order valence-electron chi connectivity index (χ3n) is 2.07. The molecule has 0 aromatic heterocycles. The van der Waals surface area contributed by atoms with Crippen molar-refractivity contribution in [1.82, 2.24) is 5.32 Å². The number of aliphatic carboxylic acids is 1. The van der Waals surface area contributed by atoms with Crippen LogP contribution in [0.1, 0.15) is 26.7 Å². The zero-order valence-electron chi connectivity index (χ0n) is 9.09. The molecule has 0 heterocycles. The number of carbonyl (C=O) groups excluding carboxylic acids is 2. The molecule has 0 aliphatic heterocycles. The minimum atomic E-state index is -0.993. The number of likely N-dealkylation sites (N-methyl/N-ethyl adjacent to an activating group) is 1. The first-order valence-corrected chi connectivity index (χ1v) is 4.54. The van der Waals surface area contributed by atoms with Crippen LogP contribution in [0.25, 0.3) is 0 Å². The van der Waals surface area contributed by atoms with Crippen molar-refractivity contribution in [3.63, 3.8) is 0 Å². The number of ketones is 1. The molecular formula is C10H15NO4. The predicted molar refractivity (Wildman–Crippen MR) is 54.3 cm³/mol. The van der Waals surface area contributed by atoms with E-state index in [1.54, 1.807) is 0 Å². The highest BCUT2D eigenvalue weighted by Crippen LogP contribution is 2.12. The molecule has 0 rings (SSSR count). The van der Waals surface area contributed by atoms with Gasteiger partial charge in [-0.25, -0.2) is 0 Å². The number of rotatable bonds is 5. The Morgan fingerprint density at radius 2 is 1.67 bits per heavy atom. The number of carbonyl (C=O) groups is 3. The van der Waals surface area contributed by atoms with E-state index in [1.807, 2.05) is 0 Å². The quantitative estimate of drug-likeness (QED) is 0.651. The van der Waals surface area contributed by atoms with E-state index in [1.165, 1.54) is 20.9 Å². The average Bonchev–Trinajstić information content (AvgIpc) is 2.16. The van der Waals surface area contributed by atoms with Crippen molar-refractivity contribution in [1.29, 1.82) is 0 Å². The van der Waals surface area contributed by atoms with Gasteiger partial charge in [0, 0.05) is 24.6 Å². The maximum Gasteiger partial charge on any atom is 0.303 e. The molecule has 2 N–H and O–H groups in total. The van der Waals surface area contributed by atoms with Gasteiger partial charge < -0.3 is 10.4 Å². The number of hydrogen-bond acceptors (Lipinski definition) is 3. The Labute approximate surface area is 88.2 Å². The van der Waals surface area contributed by atoms with E-state index in [9.17, 15) is 14.4 Å². The summed E-state index contributed by atoms with van der Waals surface area (Å²) >= 11 is 0. The summed E-state index contributed by atoms with van der Waals surface area (Å²) in [7, 11) is 1.44. The summed E-state index contributed by atoms with van der Waals surface area (Å²) in [6.07, 6.45) is -0.0895. The Morgan fingerprint density at radius 1 is 1.13 bits per heavy atom. The van der Waals surface area contributed by atoms with Crippen LogP contribution in [-0.2, 0) is 14.4 Å². The summed E-state index contributed by atoms with van der Waals surface area (Å²) in [5.41, 5.74) is 0.558. The lowest BCUT2D eigenvalue weighted by Gasteiger charge is -2.07. The maximum absolute atomic E-state index is 11.4. The third-order valence-corrected chi connectivity index (χ3v) is 2.07. The molecule has 0 bridgehead atoms. The van der Waals surface area contributed by atoms with Crippen LogP contribution < -0.4 is 5.32 Å². The zero-order chi connectivity index (χ0) is 12.0. The molecule has 15 heavy (non-hydrogen) atoms. The van der Waals surface area contributed by atoms with E-state index < -0.39 is 11.9 Å². The smallest absolute Gasteiger partial charge is 0.303 e. The molecule has 0 aromatic rings. The number of amides is 1. The first-order valence-electron chi connectivity index (χ1n) is 4.54. The van der Waals surface area contributed by atoms with Gasteiger partial charge in [-0.05, 0) is 20.3 Å². The Kier molecular flexibility index (Phi) is 5.30. The van der Waals surface area contributed by atoms with E-state index in [4.69, 9.17) is 5.11 Å². The number of carboxylic acid groups (broad SMARTS) is 1. The highest BCUT2D eigenvalue weighted by atomic mass is 16.4. The lowest BCUT2D eigenvalue weighted by molar-refractivity contribution is -0.137. The van der Waals surface area contributed by atoms with E-state index in [0.29, 0.717) is 5.57 Å². The van der Waals surface area contributed by atoms with Gasteiger partial charge in [0.15, 0.2) is 5.78 Å². The molecule has 0 aromatic carbocycles. The Morgan fingerprint density at radius 3 is 2.00 bits per heavy atom. The predicted octanol–water partition coefficient (Wildman–Crippen LogP) is 0.503. The number of nitrogens with one attached hydrogen (secondary N) is 1. The molecule has 0 aliphatic carbocycles. The lowest BCUT2D eigenvalue weighted by atomic mass is 10.0. The van der Waals surface area contributed by atoms with Gasteiger partial charge in [-0.2, -0.15) is 0 Å². The van der Waals surface area contributed by atoms with E-state index >= 15 is 0 Å². The molecule has 5 nitrogen and oxygen atoms in total. The number of carboxylic acids is 1. The summed E-state index contributed by atoms with van der Waals surface area (Å²) < 4.78 is 0. The van der Waals surface area contributed by atoms with Gasteiger partial charge in [0.1, 0.15) is 0 Å². The topological polar surface area (TPSA) is 83.5 Å². The number of hydrogen-bond donors (Lipinski definition) is 2. The third kappa shape index (κ3) is 4.39. The summed E-state index contributed by atoms with van der Waals surface area (Å²) in [6, 6.07) is 0. The lowest BCUT2D eigenvalue weighted by Crippen LogP contribution is -2.22. The minimum absolute atomic E-state index is 0.0699. The van der Waals surface area contributed by atoms with Crippen LogP contribution in [0.3, 0.4) is 0 Å². The highest BCUT2D eigenvalue weighted by Gasteiger charge is 2.15. The van der Waals surface area contributed by atoms with Gasteiger partial charge in [-0.15, -0.1) is 0 Å². The van der Waals surface area contributed by atoms with Gasteiger partial charge in [0.05, 0.1) is 0 Å². The zero-order valence-corrected chi connectivity index (χ0v) is 9.09. The van der Waals surface area contributed by atoms with Gasteiger partial charge >= 0.3 is 5.97 Å². The summed E-state index contributed by atoms with van der Waals surface area (Å²) in [5, 5.41) is 10.9. The standard InChI is InChI=1S/C10H15NO4/c1-6(7(2)12)8(10(15)11-3)4-5-9(13)14/h4-5H2,1-3H3,(H,11,15)(H,13,14)/b8-6-. The second-order valence-electron chi connectivity index (χ2n) is 3.13. The average molecular weight is 213 g/mol. The van der Waals surface area contributed by atoms with Crippen LogP contribution in [0, 0.1) is 0 Å². The summed E-state index contributed by atoms with van der Waals surface area (Å²) in [6.45, 7) is 2.87. The van der Waals surface area contributed by atoms with Gasteiger partial charge in [-0.1, -0.05) is 0 Å². The fourth-order valence-corrected chi connectivity index (χ4v) is 1.07. The largest absolute Gasteiger partial charge is 0.481 e. The van der Waals surface area contributed by atoms with E-state index in [2.05, 4.69) is 5.32 Å². The van der Waals surface area contributed by atoms with Crippen molar-refractivity contribution in [2.45, 2.75) is 26.7 Å². The van der Waals surface area contributed by atoms with Gasteiger partial charge in [0.25, 0.3) is 0 Å². The molecular weight excluding hydrogens is 198 g/mol. The Hall–Kier alpha value is -1.65. The van der Waals surface area contributed by atoms with Crippen molar-refractivity contribution in [3.05, 3.63) is 11.1 Å². The molecule has 0 radical (unpaired) electrons. The fraction of sp³-hybridized carbons (Fsp3) is 0.500. The van der Waals surface area contributed by atoms with Crippen molar-refractivity contribution in [2.24, 2.45) is 0 Å². The SMILES string of the molecule is CNC(=O)/C(CCC(=O)O)=C(/C)C(C)=O. The minimum Gasteiger partial charge on any atom is -0.481 e. The molecule has 0 spiro atoms. The molecule has 0 saturated carbocycles. The van der Waals surface area contributed by atoms with Crippen molar-refractivity contribution in [3.8, 4) is 0 Å². The van der Waals surface area contributed by atoms with Gasteiger partial charge in [0.2, 0.25) is 5.91 Å². The monoisotopic (exact) mass is 213 g/mol. The van der Waals surface area contributed by atoms with Crippen molar-refractivity contribution < 1.29 is 19.5 Å². The van der Waals surface area contributed by atoms with Crippen LogP contribution in [0.4, 0.5) is 0 Å². The van der Waals surface area contributed by atoms with Crippen LogP contribution in [0.15, 0.2) is 11.1 Å². The van der Waals surface area contributed by atoms with Crippen molar-refractivity contribution >= 4 is 17.7 Å². The van der Waals surface area contributed by atoms with Crippen LogP contribution >= 0.6 is 0 Å². The van der Waals surface area contributed by atoms with Crippen molar-refractivity contribution in [2.75, 3.05) is 7.05 Å². The Bertz CT molecular complexity index is 317. The molecule has 0 unspecified atom stereocenters. The second-order valence-corrected chi connectivity index (χ2v) is 3.13. The summed E-state index contributed by atoms with van der Waals surface area (Å²) in [5.74, 6) is -1.62. The normalized spacial score (nSPS) is 11.7. The maximum atomic E-state index is 11.4. The highest BCUT2D eigenvalue weighted by molar-refractivity contribution is 6.04. The molecule has 0 atom stereocenters. The molecule has 5 heteroatoms. The first kappa shape index (κ1) is 13.4. The van der Waals surface area contributed by atoms with Crippen LogP contribution in [-0.4, -0.2) is 29.8 Å². The molecule has 0 fully saturated rings. The van der Waals surface area contributed by atoms with E-state index in [0.717, 1.165) is 0 Å². The van der Waals surface area contributed by atoms with Crippen LogP contribution in [0.5, 0.6) is 0 Å². The fourth-order valence-electron chi connectivity index (χ4n) is 1.07.